The minimum Gasteiger partial charge on any atom is -0.327 e. The standard InChI is InChI=1S/C19H23ClN2/c20-19-9-5-4-8-17(19)13-22-12-16(11-18(21)14-22)10-15-6-2-1-3-7-15/h1-9,16,18H,10-14,21H2. The van der Waals surface area contributed by atoms with Crippen molar-refractivity contribution in [2.45, 2.75) is 25.4 Å². The first-order valence-corrected chi connectivity index (χ1v) is 8.34. The maximum atomic E-state index is 6.29. The van der Waals surface area contributed by atoms with Crippen LogP contribution >= 0.6 is 11.6 Å². The van der Waals surface area contributed by atoms with Crippen LogP contribution in [0.4, 0.5) is 0 Å². The van der Waals surface area contributed by atoms with Gasteiger partial charge >= 0.3 is 0 Å². The molecular formula is C19H23ClN2. The number of rotatable bonds is 4. The summed E-state index contributed by atoms with van der Waals surface area (Å²) < 4.78 is 0. The second-order valence-corrected chi connectivity index (χ2v) is 6.74. The summed E-state index contributed by atoms with van der Waals surface area (Å²) in [6.45, 7) is 2.93. The molecule has 2 atom stereocenters. The van der Waals surface area contributed by atoms with Gasteiger partial charge in [0.1, 0.15) is 0 Å². The number of benzene rings is 2. The van der Waals surface area contributed by atoms with Crippen molar-refractivity contribution >= 4 is 11.6 Å². The molecule has 1 heterocycles. The molecule has 2 unspecified atom stereocenters. The van der Waals surface area contributed by atoms with Crippen molar-refractivity contribution in [2.75, 3.05) is 13.1 Å². The Morgan fingerprint density at radius 3 is 2.50 bits per heavy atom. The monoisotopic (exact) mass is 314 g/mol. The molecule has 0 aliphatic carbocycles. The third-order valence-electron chi connectivity index (χ3n) is 4.36. The Morgan fingerprint density at radius 2 is 1.73 bits per heavy atom. The van der Waals surface area contributed by atoms with Crippen LogP contribution in [-0.4, -0.2) is 24.0 Å². The van der Waals surface area contributed by atoms with Gasteiger partial charge < -0.3 is 5.73 Å². The molecule has 3 heteroatoms. The molecule has 1 aliphatic heterocycles. The molecule has 1 aliphatic rings. The summed E-state index contributed by atoms with van der Waals surface area (Å²) >= 11 is 6.29. The van der Waals surface area contributed by atoms with Gasteiger partial charge in [-0.05, 0) is 36.0 Å². The molecule has 0 radical (unpaired) electrons. The SMILES string of the molecule is NC1CC(Cc2ccccc2)CN(Cc2ccccc2Cl)C1. The van der Waals surface area contributed by atoms with E-state index < -0.39 is 0 Å². The van der Waals surface area contributed by atoms with E-state index in [1.807, 2.05) is 18.2 Å². The Labute approximate surface area is 137 Å². The zero-order chi connectivity index (χ0) is 15.4. The fraction of sp³-hybridized carbons (Fsp3) is 0.368. The summed E-state index contributed by atoms with van der Waals surface area (Å²) in [5.74, 6) is 0.619. The van der Waals surface area contributed by atoms with Gasteiger partial charge in [-0.2, -0.15) is 0 Å². The highest BCUT2D eigenvalue weighted by Crippen LogP contribution is 2.24. The Bertz CT molecular complexity index is 599. The van der Waals surface area contributed by atoms with Crippen molar-refractivity contribution in [1.82, 2.24) is 4.90 Å². The van der Waals surface area contributed by atoms with Gasteiger partial charge in [0.2, 0.25) is 0 Å². The normalized spacial score (nSPS) is 22.6. The van der Waals surface area contributed by atoms with Crippen LogP contribution in [0.2, 0.25) is 5.02 Å². The summed E-state index contributed by atoms with van der Waals surface area (Å²) in [6.07, 6.45) is 2.21. The van der Waals surface area contributed by atoms with Crippen molar-refractivity contribution in [3.05, 3.63) is 70.7 Å². The fourth-order valence-electron chi connectivity index (χ4n) is 3.44. The number of nitrogens with two attached hydrogens (primary N) is 1. The van der Waals surface area contributed by atoms with Crippen molar-refractivity contribution in [3.63, 3.8) is 0 Å². The smallest absolute Gasteiger partial charge is 0.0451 e. The van der Waals surface area contributed by atoms with Crippen molar-refractivity contribution in [3.8, 4) is 0 Å². The number of piperidine rings is 1. The molecule has 3 rings (SSSR count). The van der Waals surface area contributed by atoms with E-state index in [-0.39, 0.29) is 6.04 Å². The Hall–Kier alpha value is -1.35. The number of hydrogen-bond donors (Lipinski definition) is 1. The number of hydrogen-bond acceptors (Lipinski definition) is 2. The molecule has 0 spiro atoms. The molecule has 1 saturated heterocycles. The first-order chi connectivity index (χ1) is 10.7. The molecule has 116 valence electrons. The molecule has 0 bridgehead atoms. The predicted octanol–water partition coefficient (Wildman–Crippen LogP) is 3.73. The van der Waals surface area contributed by atoms with Crippen LogP contribution < -0.4 is 5.73 Å². The maximum Gasteiger partial charge on any atom is 0.0451 e. The molecule has 2 aromatic carbocycles. The lowest BCUT2D eigenvalue weighted by molar-refractivity contribution is 0.149. The average Bonchev–Trinajstić information content (AvgIpc) is 2.50. The zero-order valence-corrected chi connectivity index (χ0v) is 13.5. The van der Waals surface area contributed by atoms with Gasteiger partial charge in [-0.3, -0.25) is 4.90 Å². The minimum atomic E-state index is 0.255. The van der Waals surface area contributed by atoms with E-state index in [4.69, 9.17) is 17.3 Å². The van der Waals surface area contributed by atoms with Gasteiger partial charge in [-0.25, -0.2) is 0 Å². The average molecular weight is 315 g/mol. The van der Waals surface area contributed by atoms with E-state index in [0.29, 0.717) is 5.92 Å². The zero-order valence-electron chi connectivity index (χ0n) is 12.8. The third kappa shape index (κ3) is 4.10. The highest BCUT2D eigenvalue weighted by Gasteiger charge is 2.25. The molecule has 0 amide bonds. The van der Waals surface area contributed by atoms with Crippen LogP contribution in [0.5, 0.6) is 0 Å². The Balaban J connectivity index is 1.65. The molecule has 0 saturated carbocycles. The van der Waals surface area contributed by atoms with E-state index in [9.17, 15) is 0 Å². The van der Waals surface area contributed by atoms with Gasteiger partial charge in [0, 0.05) is 30.7 Å². The second kappa shape index (κ2) is 7.28. The van der Waals surface area contributed by atoms with Crippen LogP contribution in [0.15, 0.2) is 54.6 Å². The van der Waals surface area contributed by atoms with Gasteiger partial charge in [-0.1, -0.05) is 60.1 Å². The van der Waals surface area contributed by atoms with E-state index in [0.717, 1.165) is 37.5 Å². The van der Waals surface area contributed by atoms with E-state index in [2.05, 4.69) is 41.3 Å². The molecule has 2 nitrogen and oxygen atoms in total. The maximum absolute atomic E-state index is 6.29. The first-order valence-electron chi connectivity index (χ1n) is 7.96. The number of likely N-dealkylation sites (tertiary alicyclic amines) is 1. The van der Waals surface area contributed by atoms with E-state index in [1.54, 1.807) is 0 Å². The van der Waals surface area contributed by atoms with Crippen LogP contribution in [0, 0.1) is 5.92 Å². The van der Waals surface area contributed by atoms with Crippen LogP contribution in [-0.2, 0) is 13.0 Å². The van der Waals surface area contributed by atoms with Gasteiger partial charge in [-0.15, -0.1) is 0 Å². The van der Waals surface area contributed by atoms with Crippen molar-refractivity contribution in [2.24, 2.45) is 11.7 Å². The predicted molar refractivity (Wildman–Crippen MR) is 93.0 cm³/mol. The van der Waals surface area contributed by atoms with Gasteiger partial charge in [0.25, 0.3) is 0 Å². The Kier molecular flexibility index (Phi) is 5.14. The van der Waals surface area contributed by atoms with Gasteiger partial charge in [0.05, 0.1) is 0 Å². The summed E-state index contributed by atoms with van der Waals surface area (Å²) in [5, 5.41) is 0.848. The van der Waals surface area contributed by atoms with Crippen molar-refractivity contribution in [1.29, 1.82) is 0 Å². The number of halogens is 1. The van der Waals surface area contributed by atoms with Gasteiger partial charge in [0.15, 0.2) is 0 Å². The molecule has 22 heavy (non-hydrogen) atoms. The topological polar surface area (TPSA) is 29.3 Å². The largest absolute Gasteiger partial charge is 0.327 e. The lowest BCUT2D eigenvalue weighted by Crippen LogP contribution is -2.47. The van der Waals surface area contributed by atoms with E-state index in [1.165, 1.54) is 11.1 Å². The summed E-state index contributed by atoms with van der Waals surface area (Å²) in [4.78, 5) is 2.45. The summed E-state index contributed by atoms with van der Waals surface area (Å²) in [5.41, 5.74) is 8.88. The number of nitrogens with zero attached hydrogens (tertiary/aromatic N) is 1. The van der Waals surface area contributed by atoms with Crippen LogP contribution in [0.25, 0.3) is 0 Å². The second-order valence-electron chi connectivity index (χ2n) is 6.34. The van der Waals surface area contributed by atoms with Crippen LogP contribution in [0.3, 0.4) is 0 Å². The minimum absolute atomic E-state index is 0.255. The molecule has 0 aromatic heterocycles. The van der Waals surface area contributed by atoms with Crippen LogP contribution in [0.1, 0.15) is 17.5 Å². The highest BCUT2D eigenvalue weighted by atomic mass is 35.5. The molecule has 1 fully saturated rings. The summed E-state index contributed by atoms with van der Waals surface area (Å²) in [6, 6.07) is 19.1. The highest BCUT2D eigenvalue weighted by molar-refractivity contribution is 6.31. The lowest BCUT2D eigenvalue weighted by atomic mass is 9.89. The lowest BCUT2D eigenvalue weighted by Gasteiger charge is -2.36. The Morgan fingerprint density at radius 1 is 1.00 bits per heavy atom. The molecular weight excluding hydrogens is 292 g/mol. The summed E-state index contributed by atoms with van der Waals surface area (Å²) in [7, 11) is 0. The molecule has 2 aromatic rings. The quantitative estimate of drug-likeness (QED) is 0.931. The fourth-order valence-corrected chi connectivity index (χ4v) is 3.64. The third-order valence-corrected chi connectivity index (χ3v) is 4.73. The van der Waals surface area contributed by atoms with E-state index >= 15 is 0 Å². The molecule has 2 N–H and O–H groups in total. The van der Waals surface area contributed by atoms with Crippen molar-refractivity contribution < 1.29 is 0 Å². The first kappa shape index (κ1) is 15.5.